The van der Waals surface area contributed by atoms with Crippen molar-refractivity contribution in [3.05, 3.63) is 0 Å². The van der Waals surface area contributed by atoms with Gasteiger partial charge in [-0.3, -0.25) is 0 Å². The zero-order chi connectivity index (χ0) is 19.8. The lowest BCUT2D eigenvalue weighted by Crippen LogP contribution is -2.34. The first kappa shape index (κ1) is 22.2. The monoisotopic (exact) mass is 385 g/mol. The summed E-state index contributed by atoms with van der Waals surface area (Å²) < 4.78 is 0. The number of unbranched alkanes of at least 4 members (excludes halogenated alkanes) is 2. The number of hydrogen-bond acceptors (Lipinski definition) is 1. The fourth-order valence-corrected chi connectivity index (χ4v) is 7.24. The Labute approximate surface area is 176 Å². The molecule has 0 N–H and O–H groups in total. The van der Waals surface area contributed by atoms with Crippen LogP contribution >= 0.6 is 0 Å². The van der Waals surface area contributed by atoms with Gasteiger partial charge in [0.2, 0.25) is 0 Å². The Morgan fingerprint density at radius 1 is 0.750 bits per heavy atom. The highest BCUT2D eigenvalue weighted by Crippen LogP contribution is 2.50. The quantitative estimate of drug-likeness (QED) is 0.410. The fraction of sp³-hybridized carbons (Fsp3) is 0.963. The van der Waals surface area contributed by atoms with Crippen molar-refractivity contribution in [3.63, 3.8) is 0 Å². The van der Waals surface area contributed by atoms with Crippen molar-refractivity contribution in [2.24, 2.45) is 35.0 Å². The molecule has 3 fully saturated rings. The Balaban J connectivity index is 1.43. The third-order valence-electron chi connectivity index (χ3n) is 9.14. The van der Waals surface area contributed by atoms with Crippen molar-refractivity contribution in [2.75, 3.05) is 0 Å². The summed E-state index contributed by atoms with van der Waals surface area (Å²) >= 11 is 0. The van der Waals surface area contributed by atoms with Gasteiger partial charge in [-0.25, -0.2) is 0 Å². The Morgan fingerprint density at radius 2 is 1.32 bits per heavy atom. The lowest BCUT2D eigenvalue weighted by molar-refractivity contribution is 0.0815. The van der Waals surface area contributed by atoms with Gasteiger partial charge in [0, 0.05) is 0 Å². The van der Waals surface area contributed by atoms with Crippen molar-refractivity contribution in [1.29, 1.82) is 5.26 Å². The normalized spacial score (nSPS) is 39.4. The van der Waals surface area contributed by atoms with Gasteiger partial charge in [0.15, 0.2) is 0 Å². The second-order valence-electron chi connectivity index (χ2n) is 11.0. The molecule has 0 aromatic rings. The molecule has 0 saturated heterocycles. The first-order valence-electron chi connectivity index (χ1n) is 13.1. The lowest BCUT2D eigenvalue weighted by atomic mass is 9.61. The number of nitrogens with zero attached hydrogens (tertiary/aromatic N) is 1. The molecule has 0 radical (unpaired) electrons. The third kappa shape index (κ3) is 5.77. The van der Waals surface area contributed by atoms with Crippen LogP contribution in [0.15, 0.2) is 0 Å². The predicted octanol–water partition coefficient (Wildman–Crippen LogP) is 8.68. The summed E-state index contributed by atoms with van der Waals surface area (Å²) in [6.45, 7) is 4.60. The molecule has 160 valence electrons. The van der Waals surface area contributed by atoms with Crippen LogP contribution in [-0.4, -0.2) is 0 Å². The molecule has 0 spiro atoms. The van der Waals surface area contributed by atoms with Crippen molar-refractivity contribution < 1.29 is 0 Å². The molecule has 0 bridgehead atoms. The maximum Gasteiger partial charge on any atom is 0.0689 e. The summed E-state index contributed by atoms with van der Waals surface area (Å²) in [5.74, 6) is 4.93. The molecule has 0 aliphatic heterocycles. The Hall–Kier alpha value is -0.510. The van der Waals surface area contributed by atoms with E-state index in [1.807, 2.05) is 0 Å². The molecule has 2 atom stereocenters. The fourth-order valence-electron chi connectivity index (χ4n) is 7.24. The van der Waals surface area contributed by atoms with Crippen LogP contribution in [0.2, 0.25) is 0 Å². The van der Waals surface area contributed by atoms with E-state index >= 15 is 0 Å². The van der Waals surface area contributed by atoms with E-state index in [0.717, 1.165) is 36.0 Å². The minimum absolute atomic E-state index is 0.0344. The Morgan fingerprint density at radius 3 is 1.89 bits per heavy atom. The van der Waals surface area contributed by atoms with Crippen LogP contribution in [0.1, 0.15) is 129 Å². The molecule has 2 unspecified atom stereocenters. The van der Waals surface area contributed by atoms with Gasteiger partial charge >= 0.3 is 0 Å². The maximum absolute atomic E-state index is 9.92. The molecule has 3 aliphatic carbocycles. The van der Waals surface area contributed by atoms with Crippen molar-refractivity contribution in [1.82, 2.24) is 0 Å². The molecule has 3 aliphatic rings. The highest BCUT2D eigenvalue weighted by Gasteiger charge is 2.40. The van der Waals surface area contributed by atoms with E-state index in [2.05, 4.69) is 19.9 Å². The standard InChI is InChI=1S/C27H47N/c1-3-5-8-22-10-12-23(13-11-22)24-14-16-25(17-15-24)26-9-7-19-27(20-26,21-28)18-6-4-2/h22-26H,3-20H2,1-2H3. The second-order valence-corrected chi connectivity index (χ2v) is 11.0. The first-order chi connectivity index (χ1) is 13.7. The van der Waals surface area contributed by atoms with E-state index in [-0.39, 0.29) is 5.41 Å². The summed E-state index contributed by atoms with van der Waals surface area (Å²) in [6.07, 6.45) is 25.1. The summed E-state index contributed by atoms with van der Waals surface area (Å²) in [5, 5.41) is 9.92. The molecule has 0 aromatic heterocycles. The van der Waals surface area contributed by atoms with Gasteiger partial charge in [-0.1, -0.05) is 71.6 Å². The Bertz CT molecular complexity index is 475. The molecular weight excluding hydrogens is 338 g/mol. The van der Waals surface area contributed by atoms with Gasteiger partial charge in [-0.2, -0.15) is 5.26 Å². The number of hydrogen-bond donors (Lipinski definition) is 0. The van der Waals surface area contributed by atoms with Crippen LogP contribution in [-0.2, 0) is 0 Å². The Kier molecular flexibility index (Phi) is 8.74. The average Bonchev–Trinajstić information content (AvgIpc) is 2.77. The van der Waals surface area contributed by atoms with E-state index in [9.17, 15) is 5.26 Å². The molecule has 0 amide bonds. The van der Waals surface area contributed by atoms with Gasteiger partial charge < -0.3 is 0 Å². The van der Waals surface area contributed by atoms with E-state index in [4.69, 9.17) is 0 Å². The summed E-state index contributed by atoms with van der Waals surface area (Å²) in [4.78, 5) is 0. The van der Waals surface area contributed by atoms with Crippen LogP contribution in [0.3, 0.4) is 0 Å². The molecule has 1 heteroatoms. The average molecular weight is 386 g/mol. The zero-order valence-electron chi connectivity index (χ0n) is 19.1. The second kappa shape index (κ2) is 11.0. The largest absolute Gasteiger partial charge is 0.198 e. The SMILES string of the molecule is CCCCC1CCC(C2CCC(C3CCCC(C#N)(CCCC)C3)CC2)CC1. The van der Waals surface area contributed by atoms with Crippen LogP contribution in [0.4, 0.5) is 0 Å². The smallest absolute Gasteiger partial charge is 0.0689 e. The van der Waals surface area contributed by atoms with Crippen LogP contribution in [0.5, 0.6) is 0 Å². The van der Waals surface area contributed by atoms with Crippen LogP contribution in [0, 0.1) is 46.3 Å². The maximum atomic E-state index is 9.92. The predicted molar refractivity (Wildman–Crippen MR) is 120 cm³/mol. The topological polar surface area (TPSA) is 23.8 Å². The van der Waals surface area contributed by atoms with Crippen molar-refractivity contribution in [2.45, 2.75) is 129 Å². The van der Waals surface area contributed by atoms with E-state index in [1.165, 1.54) is 109 Å². The zero-order valence-corrected chi connectivity index (χ0v) is 19.1. The minimum Gasteiger partial charge on any atom is -0.198 e. The third-order valence-corrected chi connectivity index (χ3v) is 9.14. The highest BCUT2D eigenvalue weighted by atomic mass is 14.5. The van der Waals surface area contributed by atoms with Crippen LogP contribution < -0.4 is 0 Å². The minimum atomic E-state index is 0.0344. The van der Waals surface area contributed by atoms with Gasteiger partial charge in [0.25, 0.3) is 0 Å². The molecule has 28 heavy (non-hydrogen) atoms. The molecule has 1 nitrogen and oxygen atoms in total. The van der Waals surface area contributed by atoms with Gasteiger partial charge in [-0.15, -0.1) is 0 Å². The van der Waals surface area contributed by atoms with E-state index < -0.39 is 0 Å². The molecule has 3 rings (SSSR count). The van der Waals surface area contributed by atoms with E-state index in [1.54, 1.807) is 0 Å². The summed E-state index contributed by atoms with van der Waals surface area (Å²) in [5.41, 5.74) is 0.0344. The van der Waals surface area contributed by atoms with Crippen LogP contribution in [0.25, 0.3) is 0 Å². The van der Waals surface area contributed by atoms with Gasteiger partial charge in [0.1, 0.15) is 0 Å². The number of nitriles is 1. The first-order valence-corrected chi connectivity index (χ1v) is 13.1. The van der Waals surface area contributed by atoms with Gasteiger partial charge in [-0.05, 0) is 87.4 Å². The number of rotatable bonds is 8. The summed E-state index contributed by atoms with van der Waals surface area (Å²) in [7, 11) is 0. The van der Waals surface area contributed by atoms with Gasteiger partial charge in [0.05, 0.1) is 11.5 Å². The van der Waals surface area contributed by atoms with Crippen molar-refractivity contribution in [3.8, 4) is 6.07 Å². The lowest BCUT2D eigenvalue weighted by Gasteiger charge is -2.43. The van der Waals surface area contributed by atoms with Crippen molar-refractivity contribution >= 4 is 0 Å². The molecule has 3 saturated carbocycles. The van der Waals surface area contributed by atoms with E-state index in [0.29, 0.717) is 0 Å². The molecular formula is C27H47N. The molecule has 0 heterocycles. The summed E-state index contributed by atoms with van der Waals surface area (Å²) in [6, 6.07) is 2.80. The highest BCUT2D eigenvalue weighted by molar-refractivity contribution is 5.03. The molecule has 0 aromatic carbocycles.